The number of alkyl carbamates (subject to hydrolysis) is 1. The molecule has 0 aromatic heterocycles. The van der Waals surface area contributed by atoms with Crippen LogP contribution in [0.2, 0.25) is 0 Å². The molecule has 3 atom stereocenters. The first-order valence-corrected chi connectivity index (χ1v) is 5.99. The van der Waals surface area contributed by atoms with Crippen molar-refractivity contribution in [2.45, 2.75) is 45.3 Å². The average Bonchev–Trinajstić information content (AvgIpc) is 2.89. The maximum atomic E-state index is 11.7. The Morgan fingerprint density at radius 3 is 2.50 bits per heavy atom. The summed E-state index contributed by atoms with van der Waals surface area (Å²) in [5, 5.41) is 11.7. The number of aliphatic carboxylic acids is 1. The van der Waals surface area contributed by atoms with E-state index in [-0.39, 0.29) is 11.8 Å². The van der Waals surface area contributed by atoms with Gasteiger partial charge in [0.15, 0.2) is 0 Å². The van der Waals surface area contributed by atoms with Crippen LogP contribution < -0.4 is 5.32 Å². The summed E-state index contributed by atoms with van der Waals surface area (Å²) in [4.78, 5) is 23.0. The lowest BCUT2D eigenvalue weighted by molar-refractivity contribution is -0.141. The van der Waals surface area contributed by atoms with E-state index in [2.05, 4.69) is 11.9 Å². The van der Waals surface area contributed by atoms with E-state index in [1.807, 2.05) is 6.92 Å². The molecular formula is C13H21NO4. The lowest BCUT2D eigenvalue weighted by Crippen LogP contribution is -2.47. The minimum Gasteiger partial charge on any atom is -0.479 e. The summed E-state index contributed by atoms with van der Waals surface area (Å²) in [5.74, 6) is -1.11. The molecule has 1 aliphatic rings. The highest BCUT2D eigenvalue weighted by molar-refractivity contribution is 5.88. The van der Waals surface area contributed by atoms with Crippen LogP contribution >= 0.6 is 0 Å². The second-order valence-electron chi connectivity index (χ2n) is 5.81. The van der Waals surface area contributed by atoms with Gasteiger partial charge in [-0.25, -0.2) is 9.59 Å². The van der Waals surface area contributed by atoms with Crippen LogP contribution in [0, 0.1) is 11.8 Å². The molecule has 0 heterocycles. The van der Waals surface area contributed by atoms with Gasteiger partial charge >= 0.3 is 12.1 Å². The van der Waals surface area contributed by atoms with Gasteiger partial charge in [0.05, 0.1) is 0 Å². The molecule has 2 N–H and O–H groups in total. The molecule has 1 saturated carbocycles. The van der Waals surface area contributed by atoms with E-state index < -0.39 is 23.2 Å². The van der Waals surface area contributed by atoms with Crippen LogP contribution in [0.4, 0.5) is 4.79 Å². The van der Waals surface area contributed by atoms with Crippen LogP contribution in [0.15, 0.2) is 12.7 Å². The van der Waals surface area contributed by atoms with Crippen molar-refractivity contribution in [3.8, 4) is 0 Å². The van der Waals surface area contributed by atoms with Crippen LogP contribution in [0.3, 0.4) is 0 Å². The Kier molecular flexibility index (Phi) is 3.74. The van der Waals surface area contributed by atoms with Crippen LogP contribution in [-0.4, -0.2) is 28.3 Å². The van der Waals surface area contributed by atoms with Crippen molar-refractivity contribution >= 4 is 12.1 Å². The topological polar surface area (TPSA) is 75.6 Å². The molecule has 0 aromatic carbocycles. The van der Waals surface area contributed by atoms with Gasteiger partial charge in [0, 0.05) is 5.92 Å². The molecule has 0 aromatic rings. The molecule has 102 valence electrons. The third-order valence-electron chi connectivity index (χ3n) is 3.13. The molecule has 0 aliphatic heterocycles. The predicted octanol–water partition coefficient (Wildman–Crippen LogP) is 2.18. The van der Waals surface area contributed by atoms with Gasteiger partial charge in [0.1, 0.15) is 11.1 Å². The first-order valence-electron chi connectivity index (χ1n) is 5.99. The number of nitrogens with one attached hydrogen (secondary N) is 1. The van der Waals surface area contributed by atoms with E-state index in [4.69, 9.17) is 4.74 Å². The number of hydrogen-bond donors (Lipinski definition) is 2. The van der Waals surface area contributed by atoms with Crippen molar-refractivity contribution in [3.63, 3.8) is 0 Å². The highest BCUT2D eigenvalue weighted by atomic mass is 16.6. The minimum atomic E-state index is -1.20. The standard InChI is InChI=1S/C13H21NO4/c1-6-8(2)9-7-13(9,10(15)16)14-11(17)18-12(3,4)5/h6,8-9H,1,7H2,2-5H3,(H,14,17)(H,15,16)/t8?,9?,13-/m0/s1. The zero-order valence-corrected chi connectivity index (χ0v) is 11.3. The summed E-state index contributed by atoms with van der Waals surface area (Å²) >= 11 is 0. The first kappa shape index (κ1) is 14.5. The van der Waals surface area contributed by atoms with Crippen molar-refractivity contribution in [2.24, 2.45) is 11.8 Å². The number of rotatable bonds is 4. The van der Waals surface area contributed by atoms with Gasteiger partial charge in [0.25, 0.3) is 0 Å². The molecule has 1 aliphatic carbocycles. The van der Waals surface area contributed by atoms with E-state index in [0.29, 0.717) is 6.42 Å². The van der Waals surface area contributed by atoms with E-state index >= 15 is 0 Å². The molecule has 0 saturated heterocycles. The quantitative estimate of drug-likeness (QED) is 0.755. The maximum absolute atomic E-state index is 11.7. The van der Waals surface area contributed by atoms with Crippen molar-refractivity contribution in [1.29, 1.82) is 0 Å². The van der Waals surface area contributed by atoms with Gasteiger partial charge in [-0.15, -0.1) is 6.58 Å². The van der Waals surface area contributed by atoms with Crippen LogP contribution in [0.1, 0.15) is 34.1 Å². The summed E-state index contributed by atoms with van der Waals surface area (Å²) < 4.78 is 5.09. The highest BCUT2D eigenvalue weighted by Crippen LogP contribution is 2.49. The second kappa shape index (κ2) is 4.63. The van der Waals surface area contributed by atoms with E-state index in [0.717, 1.165) is 0 Å². The fourth-order valence-corrected chi connectivity index (χ4v) is 2.02. The normalized spacial score (nSPS) is 28.1. The number of carboxylic acid groups (broad SMARTS) is 1. The Labute approximate surface area is 107 Å². The second-order valence-corrected chi connectivity index (χ2v) is 5.81. The zero-order valence-electron chi connectivity index (χ0n) is 11.3. The van der Waals surface area contributed by atoms with Gasteiger partial charge in [-0.2, -0.15) is 0 Å². The largest absolute Gasteiger partial charge is 0.479 e. The minimum absolute atomic E-state index is 0.0380. The molecule has 0 spiro atoms. The van der Waals surface area contributed by atoms with Crippen molar-refractivity contribution in [2.75, 3.05) is 0 Å². The number of carbonyl (C=O) groups is 2. The van der Waals surface area contributed by atoms with E-state index in [1.165, 1.54) is 0 Å². The number of hydrogen-bond acceptors (Lipinski definition) is 3. The molecule has 2 unspecified atom stereocenters. The monoisotopic (exact) mass is 255 g/mol. The first-order chi connectivity index (χ1) is 8.12. The number of allylic oxidation sites excluding steroid dienone is 1. The fourth-order valence-electron chi connectivity index (χ4n) is 2.02. The van der Waals surface area contributed by atoms with Gasteiger partial charge in [0.2, 0.25) is 0 Å². The van der Waals surface area contributed by atoms with Crippen LogP contribution in [0.5, 0.6) is 0 Å². The maximum Gasteiger partial charge on any atom is 0.408 e. The number of carboxylic acids is 1. The van der Waals surface area contributed by atoms with Crippen molar-refractivity contribution < 1.29 is 19.4 Å². The van der Waals surface area contributed by atoms with Crippen LogP contribution in [-0.2, 0) is 9.53 Å². The number of carbonyl (C=O) groups excluding carboxylic acids is 1. The fraction of sp³-hybridized carbons (Fsp3) is 0.692. The highest BCUT2D eigenvalue weighted by Gasteiger charge is 2.63. The Morgan fingerprint density at radius 1 is 1.56 bits per heavy atom. The third kappa shape index (κ3) is 3.03. The molecule has 18 heavy (non-hydrogen) atoms. The molecule has 5 nitrogen and oxygen atoms in total. The van der Waals surface area contributed by atoms with Gasteiger partial charge in [-0.05, 0) is 33.1 Å². The Morgan fingerprint density at radius 2 is 2.11 bits per heavy atom. The predicted molar refractivity (Wildman–Crippen MR) is 67.2 cm³/mol. The molecule has 5 heteroatoms. The SMILES string of the molecule is C=CC(C)C1C[C@@]1(NC(=O)OC(C)(C)C)C(=O)O. The zero-order chi connectivity index (χ0) is 14.1. The summed E-state index contributed by atoms with van der Waals surface area (Å²) in [6.07, 6.45) is 1.42. The van der Waals surface area contributed by atoms with Crippen molar-refractivity contribution in [3.05, 3.63) is 12.7 Å². The lowest BCUT2D eigenvalue weighted by atomic mass is 10.0. The van der Waals surface area contributed by atoms with E-state index in [1.54, 1.807) is 26.8 Å². The lowest BCUT2D eigenvalue weighted by Gasteiger charge is -2.23. The van der Waals surface area contributed by atoms with Gasteiger partial charge < -0.3 is 15.2 Å². The Balaban J connectivity index is 2.71. The molecule has 1 amide bonds. The molecular weight excluding hydrogens is 234 g/mol. The number of ether oxygens (including phenoxy) is 1. The Bertz CT molecular complexity index is 372. The third-order valence-corrected chi connectivity index (χ3v) is 3.13. The average molecular weight is 255 g/mol. The summed E-state index contributed by atoms with van der Waals surface area (Å²) in [7, 11) is 0. The van der Waals surface area contributed by atoms with E-state index in [9.17, 15) is 14.7 Å². The molecule has 1 rings (SSSR count). The van der Waals surface area contributed by atoms with Crippen LogP contribution in [0.25, 0.3) is 0 Å². The Hall–Kier alpha value is -1.52. The van der Waals surface area contributed by atoms with Crippen molar-refractivity contribution in [1.82, 2.24) is 5.32 Å². The summed E-state index contributed by atoms with van der Waals surface area (Å²) in [6, 6.07) is 0. The van der Waals surface area contributed by atoms with Gasteiger partial charge in [-0.1, -0.05) is 13.0 Å². The summed E-state index contributed by atoms with van der Waals surface area (Å²) in [6.45, 7) is 10.7. The summed E-state index contributed by atoms with van der Waals surface area (Å²) in [5.41, 5.74) is -1.84. The van der Waals surface area contributed by atoms with Gasteiger partial charge in [-0.3, -0.25) is 0 Å². The molecule has 1 fully saturated rings. The molecule has 0 bridgehead atoms. The number of amides is 1. The molecule has 0 radical (unpaired) electrons. The smallest absolute Gasteiger partial charge is 0.408 e.